The lowest BCUT2D eigenvalue weighted by molar-refractivity contribution is 0.628. The van der Waals surface area contributed by atoms with Gasteiger partial charge in [0.2, 0.25) is 0 Å². The van der Waals surface area contributed by atoms with Crippen LogP contribution in [0.4, 0.5) is 10.2 Å². The van der Waals surface area contributed by atoms with Gasteiger partial charge in [-0.25, -0.2) is 14.4 Å². The second-order valence-corrected chi connectivity index (χ2v) is 7.15. The summed E-state index contributed by atoms with van der Waals surface area (Å²) < 4.78 is 14.1. The smallest absolute Gasteiger partial charge is 0.162 e. The maximum Gasteiger partial charge on any atom is 0.162 e. The molecule has 1 aromatic heterocycles. The number of hydrogen-bond donors (Lipinski definition) is 1. The van der Waals surface area contributed by atoms with Gasteiger partial charge in [-0.2, -0.15) is 5.10 Å². The van der Waals surface area contributed by atoms with Crippen molar-refractivity contribution in [2.75, 3.05) is 5.43 Å². The van der Waals surface area contributed by atoms with E-state index in [9.17, 15) is 4.39 Å². The molecule has 0 fully saturated rings. The van der Waals surface area contributed by atoms with Crippen molar-refractivity contribution in [3.8, 4) is 11.4 Å². The fraction of sp³-hybridized carbons (Fsp3) is 0.0455. The maximum absolute atomic E-state index is 13.1. The lowest BCUT2D eigenvalue weighted by Gasteiger charge is -2.09. The maximum atomic E-state index is 13.1. The third-order valence-corrected chi connectivity index (χ3v) is 4.83. The van der Waals surface area contributed by atoms with Gasteiger partial charge < -0.3 is 0 Å². The van der Waals surface area contributed by atoms with Crippen LogP contribution in [0.15, 0.2) is 82.4 Å². The first-order valence-corrected chi connectivity index (χ1v) is 9.48. The van der Waals surface area contributed by atoms with Crippen molar-refractivity contribution in [3.05, 3.63) is 88.6 Å². The summed E-state index contributed by atoms with van der Waals surface area (Å²) in [4.78, 5) is 9.35. The number of benzene rings is 3. The molecule has 4 aromatic rings. The van der Waals surface area contributed by atoms with Crippen molar-refractivity contribution in [1.29, 1.82) is 0 Å². The molecule has 4 rings (SSSR count). The molecule has 3 aromatic carbocycles. The molecule has 0 spiro atoms. The Kier molecular flexibility index (Phi) is 5.12. The first-order chi connectivity index (χ1) is 13.6. The molecule has 0 bridgehead atoms. The second kappa shape index (κ2) is 7.86. The molecule has 0 atom stereocenters. The molecule has 138 valence electrons. The standard InChI is InChI=1S/C22H16BrFN4/c1-14(15-8-12-18(24)13-9-15)27-28-22-19-4-2-3-5-20(19)25-21(26-22)16-6-10-17(23)11-7-16/h2-13H,1H3,(H,25,26,28). The van der Waals surface area contributed by atoms with Crippen LogP contribution in [0.1, 0.15) is 12.5 Å². The van der Waals surface area contributed by atoms with E-state index in [2.05, 4.69) is 36.4 Å². The van der Waals surface area contributed by atoms with Crippen LogP contribution in [-0.2, 0) is 0 Å². The summed E-state index contributed by atoms with van der Waals surface area (Å²) in [7, 11) is 0. The number of anilines is 1. The van der Waals surface area contributed by atoms with Gasteiger partial charge in [-0.05, 0) is 48.9 Å². The average Bonchev–Trinajstić information content (AvgIpc) is 2.72. The Bertz CT molecular complexity index is 1160. The number of rotatable bonds is 4. The molecular formula is C22H16BrFN4. The SMILES string of the molecule is CC(=NNc1nc(-c2ccc(Br)cc2)nc2ccccc12)c1ccc(F)cc1. The predicted octanol–water partition coefficient (Wildman–Crippen LogP) is 6.03. The minimum absolute atomic E-state index is 0.273. The third-order valence-electron chi connectivity index (χ3n) is 4.30. The van der Waals surface area contributed by atoms with Gasteiger partial charge in [0.15, 0.2) is 11.6 Å². The minimum atomic E-state index is -0.273. The molecule has 0 unspecified atom stereocenters. The fourth-order valence-corrected chi connectivity index (χ4v) is 3.05. The molecule has 28 heavy (non-hydrogen) atoms. The zero-order valence-corrected chi connectivity index (χ0v) is 16.6. The van der Waals surface area contributed by atoms with E-state index in [4.69, 9.17) is 0 Å². The Morgan fingerprint density at radius 2 is 1.64 bits per heavy atom. The summed E-state index contributed by atoms with van der Waals surface area (Å²) in [5.41, 5.74) is 6.36. The number of nitrogens with zero attached hydrogens (tertiary/aromatic N) is 3. The van der Waals surface area contributed by atoms with Crippen LogP contribution in [-0.4, -0.2) is 15.7 Å². The number of aromatic nitrogens is 2. The van der Waals surface area contributed by atoms with Crippen LogP contribution < -0.4 is 5.43 Å². The van der Waals surface area contributed by atoms with E-state index in [-0.39, 0.29) is 5.82 Å². The normalized spacial score (nSPS) is 11.6. The first kappa shape index (κ1) is 18.3. The van der Waals surface area contributed by atoms with Gasteiger partial charge in [-0.1, -0.05) is 52.3 Å². The molecule has 0 saturated carbocycles. The Morgan fingerprint density at radius 1 is 0.929 bits per heavy atom. The lowest BCUT2D eigenvalue weighted by atomic mass is 10.1. The van der Waals surface area contributed by atoms with E-state index in [1.165, 1.54) is 12.1 Å². The van der Waals surface area contributed by atoms with Crippen LogP contribution in [0.2, 0.25) is 0 Å². The number of hydrazone groups is 1. The molecule has 0 radical (unpaired) electrons. The fourth-order valence-electron chi connectivity index (χ4n) is 2.78. The largest absolute Gasteiger partial charge is 0.260 e. The summed E-state index contributed by atoms with van der Waals surface area (Å²) in [6.07, 6.45) is 0. The molecule has 1 N–H and O–H groups in total. The monoisotopic (exact) mass is 434 g/mol. The predicted molar refractivity (Wildman–Crippen MR) is 115 cm³/mol. The van der Waals surface area contributed by atoms with E-state index in [1.807, 2.05) is 55.5 Å². The van der Waals surface area contributed by atoms with Gasteiger partial charge >= 0.3 is 0 Å². The number of nitrogens with one attached hydrogen (secondary N) is 1. The molecule has 0 amide bonds. The second-order valence-electron chi connectivity index (χ2n) is 6.24. The number of halogens is 2. The highest BCUT2D eigenvalue weighted by atomic mass is 79.9. The van der Waals surface area contributed by atoms with E-state index in [1.54, 1.807) is 12.1 Å². The average molecular weight is 435 g/mol. The van der Waals surface area contributed by atoms with Gasteiger partial charge in [0.05, 0.1) is 11.2 Å². The zero-order valence-electron chi connectivity index (χ0n) is 15.0. The molecule has 0 saturated heterocycles. The first-order valence-electron chi connectivity index (χ1n) is 8.69. The van der Waals surface area contributed by atoms with Crippen molar-refractivity contribution in [3.63, 3.8) is 0 Å². The lowest BCUT2D eigenvalue weighted by Crippen LogP contribution is -2.03. The van der Waals surface area contributed by atoms with Crippen molar-refractivity contribution < 1.29 is 4.39 Å². The molecule has 0 aliphatic rings. The van der Waals surface area contributed by atoms with Gasteiger partial charge in [0.25, 0.3) is 0 Å². The summed E-state index contributed by atoms with van der Waals surface area (Å²) >= 11 is 3.45. The summed E-state index contributed by atoms with van der Waals surface area (Å²) in [5, 5.41) is 5.31. The van der Waals surface area contributed by atoms with Crippen molar-refractivity contribution in [2.24, 2.45) is 5.10 Å². The highest BCUT2D eigenvalue weighted by Gasteiger charge is 2.09. The molecule has 0 aliphatic carbocycles. The molecule has 1 heterocycles. The van der Waals surface area contributed by atoms with Gasteiger partial charge in [-0.3, -0.25) is 5.43 Å². The van der Waals surface area contributed by atoms with E-state index < -0.39 is 0 Å². The van der Waals surface area contributed by atoms with Crippen molar-refractivity contribution in [2.45, 2.75) is 6.92 Å². The molecule has 4 nitrogen and oxygen atoms in total. The van der Waals surface area contributed by atoms with E-state index in [0.717, 1.165) is 32.2 Å². The Morgan fingerprint density at radius 3 is 2.39 bits per heavy atom. The highest BCUT2D eigenvalue weighted by Crippen LogP contribution is 2.26. The van der Waals surface area contributed by atoms with Crippen LogP contribution in [0, 0.1) is 5.82 Å². The quantitative estimate of drug-likeness (QED) is 0.314. The highest BCUT2D eigenvalue weighted by molar-refractivity contribution is 9.10. The van der Waals surface area contributed by atoms with Gasteiger partial charge in [0.1, 0.15) is 5.82 Å². The van der Waals surface area contributed by atoms with Gasteiger partial charge in [-0.15, -0.1) is 0 Å². The number of para-hydroxylation sites is 1. The van der Waals surface area contributed by atoms with Crippen LogP contribution in [0.25, 0.3) is 22.3 Å². The summed E-state index contributed by atoms with van der Waals surface area (Å²) in [5.74, 6) is 0.957. The van der Waals surface area contributed by atoms with Crippen LogP contribution in [0.5, 0.6) is 0 Å². The Hall–Kier alpha value is -3.12. The molecule has 6 heteroatoms. The van der Waals surface area contributed by atoms with Crippen LogP contribution >= 0.6 is 15.9 Å². The van der Waals surface area contributed by atoms with Crippen molar-refractivity contribution >= 4 is 38.4 Å². The van der Waals surface area contributed by atoms with E-state index >= 15 is 0 Å². The zero-order chi connectivity index (χ0) is 19.5. The van der Waals surface area contributed by atoms with Crippen LogP contribution in [0.3, 0.4) is 0 Å². The van der Waals surface area contributed by atoms with Gasteiger partial charge in [0, 0.05) is 15.4 Å². The third kappa shape index (κ3) is 3.92. The number of hydrogen-bond acceptors (Lipinski definition) is 4. The Balaban J connectivity index is 1.73. The van der Waals surface area contributed by atoms with E-state index in [0.29, 0.717) is 11.6 Å². The topological polar surface area (TPSA) is 50.2 Å². The summed E-state index contributed by atoms with van der Waals surface area (Å²) in [6, 6.07) is 21.8. The Labute approximate surface area is 170 Å². The number of fused-ring (bicyclic) bond motifs is 1. The minimum Gasteiger partial charge on any atom is -0.260 e. The summed E-state index contributed by atoms with van der Waals surface area (Å²) in [6.45, 7) is 1.86. The van der Waals surface area contributed by atoms with Crippen molar-refractivity contribution in [1.82, 2.24) is 9.97 Å². The molecule has 0 aliphatic heterocycles. The molecular weight excluding hydrogens is 419 g/mol.